The highest BCUT2D eigenvalue weighted by molar-refractivity contribution is 7.16. The number of carbonyl (C=O) groups is 1. The number of aromatic nitrogens is 1. The second-order valence-corrected chi connectivity index (χ2v) is 10.2. The Labute approximate surface area is 170 Å². The van der Waals surface area contributed by atoms with Crippen LogP contribution in [0.2, 0.25) is 0 Å². The Morgan fingerprint density at radius 2 is 1.57 bits per heavy atom. The molecule has 0 unspecified atom stereocenters. The topological polar surface area (TPSA) is 53.1 Å². The van der Waals surface area contributed by atoms with Crippen molar-refractivity contribution in [2.24, 2.45) is 0 Å². The number of carboxylic acids is 1. The average molecular weight is 394 g/mol. The van der Waals surface area contributed by atoms with Gasteiger partial charge in [0.2, 0.25) is 0 Å². The zero-order valence-electron chi connectivity index (χ0n) is 17.1. The molecule has 2 heterocycles. The maximum absolute atomic E-state index is 11.1. The summed E-state index contributed by atoms with van der Waals surface area (Å²) in [6, 6.07) is 11.2. The molecule has 0 atom stereocenters. The van der Waals surface area contributed by atoms with Gasteiger partial charge in [0.15, 0.2) is 0 Å². The molecular formula is C24H27NO2S. The largest absolute Gasteiger partial charge is 0.478 e. The molecule has 3 aromatic rings. The van der Waals surface area contributed by atoms with Crippen molar-refractivity contribution in [1.29, 1.82) is 0 Å². The van der Waals surface area contributed by atoms with Crippen LogP contribution in [-0.2, 0) is 10.8 Å². The highest BCUT2D eigenvalue weighted by Crippen LogP contribution is 2.53. The Bertz CT molecular complexity index is 1050. The van der Waals surface area contributed by atoms with Gasteiger partial charge >= 0.3 is 5.97 Å². The average Bonchev–Trinajstić information content (AvgIpc) is 3.25. The fourth-order valence-corrected chi connectivity index (χ4v) is 6.01. The first-order valence-corrected chi connectivity index (χ1v) is 10.6. The van der Waals surface area contributed by atoms with Crippen LogP contribution in [0.25, 0.3) is 21.8 Å². The lowest BCUT2D eigenvalue weighted by molar-refractivity contribution is 0.0697. The first-order chi connectivity index (χ1) is 13.1. The third-order valence-corrected chi connectivity index (χ3v) is 7.88. The summed E-state index contributed by atoms with van der Waals surface area (Å²) in [7, 11) is 0. The monoisotopic (exact) mass is 393 g/mol. The molecule has 1 aromatic carbocycles. The number of aromatic amines is 1. The van der Waals surface area contributed by atoms with Crippen molar-refractivity contribution in [2.45, 2.75) is 58.3 Å². The molecule has 3 nitrogen and oxygen atoms in total. The quantitative estimate of drug-likeness (QED) is 0.516. The summed E-state index contributed by atoms with van der Waals surface area (Å²) < 4.78 is 0. The van der Waals surface area contributed by atoms with Gasteiger partial charge in [-0.2, -0.15) is 0 Å². The van der Waals surface area contributed by atoms with Crippen LogP contribution in [0.4, 0.5) is 0 Å². The van der Waals surface area contributed by atoms with Crippen LogP contribution in [0.3, 0.4) is 0 Å². The molecule has 0 saturated heterocycles. The van der Waals surface area contributed by atoms with E-state index in [1.54, 1.807) is 12.1 Å². The van der Waals surface area contributed by atoms with Crippen LogP contribution in [0, 0.1) is 6.92 Å². The van der Waals surface area contributed by atoms with Gasteiger partial charge in [0.05, 0.1) is 16.1 Å². The van der Waals surface area contributed by atoms with E-state index in [1.807, 2.05) is 23.5 Å². The Balaban J connectivity index is 1.76. The zero-order chi connectivity index (χ0) is 20.3. The van der Waals surface area contributed by atoms with Gasteiger partial charge in [0.1, 0.15) is 0 Å². The van der Waals surface area contributed by atoms with E-state index in [4.69, 9.17) is 5.11 Å². The number of aromatic carboxylic acids is 1. The number of carboxylic acid groups (broad SMARTS) is 1. The number of rotatable bonds is 3. The number of hydrogen-bond donors (Lipinski definition) is 2. The van der Waals surface area contributed by atoms with Crippen LogP contribution in [0.1, 0.15) is 66.9 Å². The highest BCUT2D eigenvalue weighted by Gasteiger charge is 2.40. The van der Waals surface area contributed by atoms with Gasteiger partial charge in [-0.25, -0.2) is 4.79 Å². The van der Waals surface area contributed by atoms with Gasteiger partial charge in [-0.05, 0) is 71.6 Å². The minimum absolute atomic E-state index is 0.214. The lowest BCUT2D eigenvalue weighted by Gasteiger charge is -2.39. The molecule has 0 saturated carbocycles. The van der Waals surface area contributed by atoms with Crippen molar-refractivity contribution in [3.05, 3.63) is 58.0 Å². The number of thiophene rings is 1. The molecule has 4 rings (SSSR count). The maximum atomic E-state index is 11.1. The molecule has 1 aliphatic rings. The third kappa shape index (κ3) is 3.00. The van der Waals surface area contributed by atoms with Gasteiger partial charge in [-0.3, -0.25) is 0 Å². The van der Waals surface area contributed by atoms with E-state index >= 15 is 0 Å². The van der Waals surface area contributed by atoms with Crippen molar-refractivity contribution in [3.63, 3.8) is 0 Å². The van der Waals surface area contributed by atoms with Gasteiger partial charge in [-0.15, -0.1) is 11.3 Å². The summed E-state index contributed by atoms with van der Waals surface area (Å²) in [4.78, 5) is 17.5. The van der Waals surface area contributed by atoms with Gasteiger partial charge in [-0.1, -0.05) is 39.8 Å². The summed E-state index contributed by atoms with van der Waals surface area (Å²) in [6.45, 7) is 11.7. The van der Waals surface area contributed by atoms with E-state index in [9.17, 15) is 4.79 Å². The summed E-state index contributed by atoms with van der Waals surface area (Å²) in [5, 5.41) is 9.09. The van der Waals surface area contributed by atoms with E-state index in [1.165, 1.54) is 33.7 Å². The van der Waals surface area contributed by atoms with Crippen LogP contribution in [-0.4, -0.2) is 16.1 Å². The van der Waals surface area contributed by atoms with Gasteiger partial charge in [0.25, 0.3) is 0 Å². The molecule has 146 valence electrons. The summed E-state index contributed by atoms with van der Waals surface area (Å²) in [5.41, 5.74) is 6.82. The van der Waals surface area contributed by atoms with Crippen LogP contribution in [0.5, 0.6) is 0 Å². The number of nitrogens with one attached hydrogen (secondary N) is 1. The normalized spacial score (nSPS) is 17.3. The fourth-order valence-electron chi connectivity index (χ4n) is 4.41. The van der Waals surface area contributed by atoms with Crippen LogP contribution in [0.15, 0.2) is 36.4 Å². The lowest BCUT2D eigenvalue weighted by atomic mass is 9.66. The van der Waals surface area contributed by atoms with Crippen molar-refractivity contribution in [1.82, 2.24) is 4.98 Å². The molecule has 0 amide bonds. The first kappa shape index (κ1) is 19.0. The standard InChI is InChI=1S/C24H27NO2S/c1-14-19-21(24(4,5)13-12-23(19,2)3)28-20(14)18-11-10-17(25-18)15-6-8-16(9-7-15)22(26)27/h6-11,25H,12-13H2,1-5H3,(H,26,27). The highest BCUT2D eigenvalue weighted by atomic mass is 32.1. The molecule has 0 aliphatic heterocycles. The molecule has 0 radical (unpaired) electrons. The Morgan fingerprint density at radius 1 is 0.964 bits per heavy atom. The maximum Gasteiger partial charge on any atom is 0.335 e. The summed E-state index contributed by atoms with van der Waals surface area (Å²) >= 11 is 1.93. The second-order valence-electron chi connectivity index (χ2n) is 9.20. The predicted octanol–water partition coefficient (Wildman–Crippen LogP) is 6.77. The Hall–Kier alpha value is -2.33. The van der Waals surface area contributed by atoms with E-state index in [0.29, 0.717) is 5.56 Å². The fraction of sp³-hybridized carbons (Fsp3) is 0.375. The number of H-pyrrole nitrogens is 1. The number of hydrogen-bond acceptors (Lipinski definition) is 2. The minimum Gasteiger partial charge on any atom is -0.478 e. The smallest absolute Gasteiger partial charge is 0.335 e. The van der Waals surface area contributed by atoms with Crippen molar-refractivity contribution >= 4 is 17.3 Å². The molecule has 0 spiro atoms. The number of benzene rings is 1. The van der Waals surface area contributed by atoms with Crippen molar-refractivity contribution in [3.8, 4) is 21.8 Å². The van der Waals surface area contributed by atoms with E-state index in [2.05, 4.69) is 51.7 Å². The van der Waals surface area contributed by atoms with Crippen molar-refractivity contribution < 1.29 is 9.90 Å². The van der Waals surface area contributed by atoms with Crippen molar-refractivity contribution in [2.75, 3.05) is 0 Å². The number of fused-ring (bicyclic) bond motifs is 1. The SMILES string of the molecule is Cc1c(-c2ccc(-c3ccc(C(=O)O)cc3)[nH]2)sc2c1C(C)(C)CCC2(C)C. The predicted molar refractivity (Wildman–Crippen MR) is 117 cm³/mol. The first-order valence-electron chi connectivity index (χ1n) is 9.78. The molecule has 0 fully saturated rings. The minimum atomic E-state index is -0.899. The van der Waals surface area contributed by atoms with E-state index < -0.39 is 5.97 Å². The van der Waals surface area contributed by atoms with Gasteiger partial charge in [0, 0.05) is 10.6 Å². The molecule has 0 bridgehead atoms. The second kappa shape index (κ2) is 6.35. The third-order valence-electron chi connectivity index (χ3n) is 6.19. The molecule has 4 heteroatoms. The Kier molecular flexibility index (Phi) is 4.31. The van der Waals surface area contributed by atoms with Crippen LogP contribution >= 0.6 is 11.3 Å². The van der Waals surface area contributed by atoms with E-state index in [-0.39, 0.29) is 10.8 Å². The molecule has 28 heavy (non-hydrogen) atoms. The molecular weight excluding hydrogens is 366 g/mol. The zero-order valence-corrected chi connectivity index (χ0v) is 18.0. The van der Waals surface area contributed by atoms with E-state index in [0.717, 1.165) is 17.0 Å². The molecule has 1 aliphatic carbocycles. The molecule has 2 N–H and O–H groups in total. The summed E-state index contributed by atoms with van der Waals surface area (Å²) in [5.74, 6) is -0.899. The molecule has 2 aromatic heterocycles. The Morgan fingerprint density at radius 3 is 2.18 bits per heavy atom. The van der Waals surface area contributed by atoms with Gasteiger partial charge < -0.3 is 10.1 Å². The van der Waals surface area contributed by atoms with Crippen LogP contribution < -0.4 is 0 Å². The summed E-state index contributed by atoms with van der Waals surface area (Å²) in [6.07, 6.45) is 2.44. The lowest BCUT2D eigenvalue weighted by Crippen LogP contribution is -2.32.